The van der Waals surface area contributed by atoms with E-state index in [0.717, 1.165) is 16.1 Å². The average Bonchev–Trinajstić information content (AvgIpc) is 2.77. The van der Waals surface area contributed by atoms with Crippen LogP contribution in [0.1, 0.15) is 22.2 Å². The van der Waals surface area contributed by atoms with E-state index in [1.54, 1.807) is 12.1 Å². The number of nitrogens with one attached hydrogen (secondary N) is 1. The van der Waals surface area contributed by atoms with E-state index in [2.05, 4.69) is 15.0 Å². The summed E-state index contributed by atoms with van der Waals surface area (Å²) >= 11 is 7.05. The first kappa shape index (κ1) is 13.4. The van der Waals surface area contributed by atoms with Crippen molar-refractivity contribution in [3.8, 4) is 0 Å². The van der Waals surface area contributed by atoms with Crippen LogP contribution < -0.4 is 11.3 Å². The molecule has 2 rings (SSSR count). The second-order valence-electron chi connectivity index (χ2n) is 3.89. The molecule has 0 aliphatic rings. The van der Waals surface area contributed by atoms with Gasteiger partial charge in [0.15, 0.2) is 0 Å². The highest BCUT2D eigenvalue weighted by molar-refractivity contribution is 7.05. The Morgan fingerprint density at radius 3 is 2.89 bits per heavy atom. The Morgan fingerprint density at radius 2 is 2.33 bits per heavy atom. The van der Waals surface area contributed by atoms with Crippen molar-refractivity contribution >= 4 is 23.1 Å². The zero-order chi connectivity index (χ0) is 13.1. The number of hydrazine groups is 1. The molecule has 1 aromatic heterocycles. The minimum absolute atomic E-state index is 0.105. The molecule has 18 heavy (non-hydrogen) atoms. The number of aryl methyl sites for hydroxylation is 1. The van der Waals surface area contributed by atoms with Gasteiger partial charge in [-0.05, 0) is 42.6 Å². The highest BCUT2D eigenvalue weighted by Gasteiger charge is 2.17. The van der Waals surface area contributed by atoms with Crippen molar-refractivity contribution in [1.82, 2.24) is 15.0 Å². The van der Waals surface area contributed by atoms with Crippen LogP contribution in [-0.2, 0) is 6.42 Å². The first-order valence-electron chi connectivity index (χ1n) is 5.30. The van der Waals surface area contributed by atoms with Gasteiger partial charge in [-0.1, -0.05) is 22.2 Å². The van der Waals surface area contributed by atoms with Gasteiger partial charge in [-0.3, -0.25) is 11.3 Å². The second kappa shape index (κ2) is 5.71. The third-order valence-electron chi connectivity index (χ3n) is 2.63. The fourth-order valence-electron chi connectivity index (χ4n) is 1.69. The fraction of sp³-hybridized carbons (Fsp3) is 0.273. The summed E-state index contributed by atoms with van der Waals surface area (Å²) < 4.78 is 16.9. The second-order valence-corrected chi connectivity index (χ2v) is 5.09. The summed E-state index contributed by atoms with van der Waals surface area (Å²) in [5.41, 5.74) is 4.47. The van der Waals surface area contributed by atoms with Crippen LogP contribution in [0.15, 0.2) is 18.2 Å². The summed E-state index contributed by atoms with van der Waals surface area (Å²) in [6.45, 7) is 1.88. The zero-order valence-corrected chi connectivity index (χ0v) is 11.2. The Kier molecular flexibility index (Phi) is 4.23. The number of rotatable bonds is 4. The Balaban J connectivity index is 2.20. The summed E-state index contributed by atoms with van der Waals surface area (Å²) in [7, 11) is 0. The van der Waals surface area contributed by atoms with Crippen LogP contribution in [0.2, 0.25) is 5.02 Å². The maximum atomic E-state index is 13.1. The molecule has 0 saturated heterocycles. The molecule has 4 nitrogen and oxygen atoms in total. The molecule has 0 amide bonds. The zero-order valence-electron chi connectivity index (χ0n) is 9.65. The third-order valence-corrected chi connectivity index (χ3v) is 3.86. The van der Waals surface area contributed by atoms with Crippen LogP contribution in [0, 0.1) is 12.7 Å². The molecule has 7 heteroatoms. The van der Waals surface area contributed by atoms with E-state index in [1.807, 2.05) is 6.92 Å². The van der Waals surface area contributed by atoms with Crippen molar-refractivity contribution in [2.24, 2.45) is 5.84 Å². The molecule has 0 spiro atoms. The van der Waals surface area contributed by atoms with Gasteiger partial charge >= 0.3 is 0 Å². The van der Waals surface area contributed by atoms with Gasteiger partial charge in [0.25, 0.3) is 0 Å². The lowest BCUT2D eigenvalue weighted by Crippen LogP contribution is -2.29. The molecule has 0 aliphatic carbocycles. The van der Waals surface area contributed by atoms with Crippen molar-refractivity contribution in [3.05, 3.63) is 45.2 Å². The molecule has 1 heterocycles. The number of nitrogens with two attached hydrogens (primary N) is 1. The van der Waals surface area contributed by atoms with Crippen LogP contribution in [0.5, 0.6) is 0 Å². The lowest BCUT2D eigenvalue weighted by molar-refractivity contribution is 0.556. The quantitative estimate of drug-likeness (QED) is 0.669. The summed E-state index contributed by atoms with van der Waals surface area (Å²) in [6, 6.07) is 4.54. The molecule has 2 aromatic rings. The van der Waals surface area contributed by atoms with Crippen molar-refractivity contribution in [1.29, 1.82) is 0 Å². The van der Waals surface area contributed by atoms with Crippen LogP contribution in [-0.4, -0.2) is 9.59 Å². The van der Waals surface area contributed by atoms with E-state index < -0.39 is 5.82 Å². The minimum Gasteiger partial charge on any atom is -0.271 e. The monoisotopic (exact) mass is 286 g/mol. The molecule has 0 radical (unpaired) electrons. The molecule has 0 aliphatic heterocycles. The van der Waals surface area contributed by atoms with Gasteiger partial charge in [0.05, 0.1) is 21.6 Å². The number of nitrogens with zero attached hydrogens (tertiary/aromatic N) is 2. The van der Waals surface area contributed by atoms with E-state index in [4.69, 9.17) is 17.4 Å². The number of hydrogen-bond acceptors (Lipinski definition) is 5. The largest absolute Gasteiger partial charge is 0.271 e. The number of aromatic nitrogens is 2. The molecule has 1 unspecified atom stereocenters. The molecule has 1 atom stereocenters. The molecule has 3 N–H and O–H groups in total. The number of hydrogen-bond donors (Lipinski definition) is 2. The maximum Gasteiger partial charge on any atom is 0.141 e. The normalized spacial score (nSPS) is 12.7. The Hall–Kier alpha value is -1.08. The van der Waals surface area contributed by atoms with E-state index in [9.17, 15) is 4.39 Å². The topological polar surface area (TPSA) is 63.8 Å². The smallest absolute Gasteiger partial charge is 0.141 e. The van der Waals surface area contributed by atoms with Crippen molar-refractivity contribution < 1.29 is 4.39 Å². The molecule has 0 bridgehead atoms. The van der Waals surface area contributed by atoms with Crippen LogP contribution in [0.25, 0.3) is 0 Å². The highest BCUT2D eigenvalue weighted by Crippen LogP contribution is 2.25. The fourth-order valence-corrected chi connectivity index (χ4v) is 2.59. The molecule has 0 saturated carbocycles. The van der Waals surface area contributed by atoms with E-state index >= 15 is 0 Å². The van der Waals surface area contributed by atoms with Crippen LogP contribution >= 0.6 is 23.1 Å². The van der Waals surface area contributed by atoms with Gasteiger partial charge in [-0.15, -0.1) is 5.10 Å². The average molecular weight is 287 g/mol. The summed E-state index contributed by atoms with van der Waals surface area (Å²) in [6.07, 6.45) is 0.598. The predicted octanol–water partition coefficient (Wildman–Crippen LogP) is 2.39. The van der Waals surface area contributed by atoms with Crippen LogP contribution in [0.4, 0.5) is 4.39 Å². The van der Waals surface area contributed by atoms with Gasteiger partial charge in [0, 0.05) is 0 Å². The van der Waals surface area contributed by atoms with Gasteiger partial charge in [-0.25, -0.2) is 4.39 Å². The first-order valence-corrected chi connectivity index (χ1v) is 6.46. The first-order chi connectivity index (χ1) is 8.61. The predicted molar refractivity (Wildman–Crippen MR) is 69.8 cm³/mol. The minimum atomic E-state index is -0.423. The van der Waals surface area contributed by atoms with Crippen molar-refractivity contribution in [2.75, 3.05) is 0 Å². The van der Waals surface area contributed by atoms with E-state index in [0.29, 0.717) is 6.42 Å². The summed E-state index contributed by atoms with van der Waals surface area (Å²) in [5.74, 6) is 5.12. The molecular weight excluding hydrogens is 275 g/mol. The number of benzene rings is 1. The molecule has 1 aromatic carbocycles. The van der Waals surface area contributed by atoms with Gasteiger partial charge in [-0.2, -0.15) is 0 Å². The Bertz CT molecular complexity index is 546. The molecular formula is C11H12ClFN4S. The van der Waals surface area contributed by atoms with Gasteiger partial charge < -0.3 is 0 Å². The molecule has 0 fully saturated rings. The standard InChI is InChI=1S/C11H12ClFN4S/c1-6-11(18-17-16-6)10(15-14)5-7-2-3-9(13)8(12)4-7/h2-4,10,15H,5,14H2,1H3. The SMILES string of the molecule is Cc1nnsc1C(Cc1ccc(F)c(Cl)c1)NN. The summed E-state index contributed by atoms with van der Waals surface area (Å²) in [4.78, 5) is 0.970. The van der Waals surface area contributed by atoms with Crippen molar-refractivity contribution in [2.45, 2.75) is 19.4 Å². The van der Waals surface area contributed by atoms with Gasteiger partial charge in [0.2, 0.25) is 0 Å². The molecule has 96 valence electrons. The van der Waals surface area contributed by atoms with Crippen molar-refractivity contribution in [3.63, 3.8) is 0 Å². The number of halogens is 2. The lowest BCUT2D eigenvalue weighted by Gasteiger charge is -2.14. The highest BCUT2D eigenvalue weighted by atomic mass is 35.5. The third kappa shape index (κ3) is 2.84. The Labute approximate surface area is 113 Å². The summed E-state index contributed by atoms with van der Waals surface area (Å²) in [5, 5.41) is 4.06. The van der Waals surface area contributed by atoms with Gasteiger partial charge in [0.1, 0.15) is 5.82 Å². The Morgan fingerprint density at radius 1 is 1.56 bits per heavy atom. The maximum absolute atomic E-state index is 13.1. The van der Waals surface area contributed by atoms with Crippen LogP contribution in [0.3, 0.4) is 0 Å². The lowest BCUT2D eigenvalue weighted by atomic mass is 10.0. The van der Waals surface area contributed by atoms with E-state index in [1.165, 1.54) is 17.6 Å². The van der Waals surface area contributed by atoms with E-state index in [-0.39, 0.29) is 11.1 Å².